The molecule has 0 aromatic heterocycles. The summed E-state index contributed by atoms with van der Waals surface area (Å²) in [4.78, 5) is 11.6. The largest absolute Gasteiger partial charge is 0.444 e. The number of nitrogens with one attached hydrogen (secondary N) is 2. The van der Waals surface area contributed by atoms with Crippen molar-refractivity contribution in [1.29, 1.82) is 5.41 Å². The van der Waals surface area contributed by atoms with Crippen molar-refractivity contribution in [3.05, 3.63) is 29.6 Å². The van der Waals surface area contributed by atoms with E-state index >= 15 is 0 Å². The van der Waals surface area contributed by atoms with Crippen molar-refractivity contribution in [3.8, 4) is 0 Å². The Bertz CT molecular complexity index is 495. The zero-order chi connectivity index (χ0) is 14.6. The maximum atomic E-state index is 13.4. The first-order chi connectivity index (χ1) is 8.67. The van der Waals surface area contributed by atoms with E-state index in [1.165, 1.54) is 18.2 Å². The molecule has 0 aliphatic heterocycles. The van der Waals surface area contributed by atoms with Gasteiger partial charge in [-0.25, -0.2) is 9.18 Å². The molecule has 0 unspecified atom stereocenters. The summed E-state index contributed by atoms with van der Waals surface area (Å²) in [6.45, 7) is 5.25. The summed E-state index contributed by atoms with van der Waals surface area (Å²) in [5, 5.41) is 9.66. The molecule has 1 rings (SSSR count). The fraction of sp³-hybridized carbons (Fsp3) is 0.385. The molecule has 1 aromatic carbocycles. The van der Waals surface area contributed by atoms with Crippen LogP contribution in [0.1, 0.15) is 26.3 Å². The van der Waals surface area contributed by atoms with Crippen LogP contribution in [0.2, 0.25) is 0 Å². The summed E-state index contributed by atoms with van der Waals surface area (Å²) in [5.74, 6) is -0.613. The average molecular weight is 267 g/mol. The number of benzene rings is 1. The number of rotatable bonds is 3. The van der Waals surface area contributed by atoms with Crippen molar-refractivity contribution < 1.29 is 13.9 Å². The third-order valence-electron chi connectivity index (χ3n) is 2.07. The molecule has 0 aliphatic carbocycles. The van der Waals surface area contributed by atoms with E-state index in [4.69, 9.17) is 15.9 Å². The number of hydrogen-bond acceptors (Lipinski definition) is 3. The predicted octanol–water partition coefficient (Wildman–Crippen LogP) is 2.65. The second kappa shape index (κ2) is 5.69. The lowest BCUT2D eigenvalue weighted by Gasteiger charge is -2.19. The number of carbonyl (C=O) groups excluding carboxylic acids is 1. The molecule has 0 bridgehead atoms. The lowest BCUT2D eigenvalue weighted by atomic mass is 10.1. The van der Waals surface area contributed by atoms with Gasteiger partial charge < -0.3 is 10.5 Å². The number of nitrogens with two attached hydrogens (primary N) is 1. The number of amidine groups is 1. The van der Waals surface area contributed by atoms with E-state index in [9.17, 15) is 9.18 Å². The molecular weight excluding hydrogens is 249 g/mol. The molecule has 19 heavy (non-hydrogen) atoms. The number of anilines is 1. The van der Waals surface area contributed by atoms with Gasteiger partial charge in [-0.3, -0.25) is 10.7 Å². The molecule has 0 atom stereocenters. The van der Waals surface area contributed by atoms with Gasteiger partial charge in [-0.1, -0.05) is 0 Å². The Kier molecular flexibility index (Phi) is 4.47. The highest BCUT2D eigenvalue weighted by atomic mass is 19.1. The summed E-state index contributed by atoms with van der Waals surface area (Å²) >= 11 is 0. The SMILES string of the molecule is CC(C)(C)OC(=O)Nc1ccc(F)c(CC(=N)N)c1. The molecule has 6 heteroatoms. The van der Waals surface area contributed by atoms with Crippen molar-refractivity contribution in [2.24, 2.45) is 5.73 Å². The second-order valence-corrected chi connectivity index (χ2v) is 5.14. The number of ether oxygens (including phenoxy) is 1. The molecule has 0 radical (unpaired) electrons. The molecule has 5 nitrogen and oxygen atoms in total. The van der Waals surface area contributed by atoms with Gasteiger partial charge in [-0.15, -0.1) is 0 Å². The van der Waals surface area contributed by atoms with E-state index in [1.54, 1.807) is 20.8 Å². The molecule has 1 aromatic rings. The molecular formula is C13H18FN3O2. The van der Waals surface area contributed by atoms with E-state index in [0.29, 0.717) is 5.69 Å². The summed E-state index contributed by atoms with van der Waals surface area (Å²) in [5.41, 5.74) is 5.27. The first-order valence-corrected chi connectivity index (χ1v) is 5.79. The quantitative estimate of drug-likeness (QED) is 0.581. The topological polar surface area (TPSA) is 88.2 Å². The van der Waals surface area contributed by atoms with Crippen molar-refractivity contribution in [1.82, 2.24) is 0 Å². The standard InChI is InChI=1S/C13H18FN3O2/c1-13(2,3)19-12(18)17-9-4-5-10(14)8(6-9)7-11(15)16/h4-6H,7H2,1-3H3,(H3,15,16)(H,17,18). The van der Waals surface area contributed by atoms with Crippen molar-refractivity contribution >= 4 is 17.6 Å². The van der Waals surface area contributed by atoms with Gasteiger partial charge in [0.2, 0.25) is 0 Å². The molecule has 104 valence electrons. The fourth-order valence-electron chi connectivity index (χ4n) is 1.41. The summed E-state index contributed by atoms with van der Waals surface area (Å²) in [7, 11) is 0. The van der Waals surface area contributed by atoms with Gasteiger partial charge in [0.25, 0.3) is 0 Å². The van der Waals surface area contributed by atoms with Crippen LogP contribution in [-0.2, 0) is 11.2 Å². The van der Waals surface area contributed by atoms with Crippen LogP contribution >= 0.6 is 0 Å². The van der Waals surface area contributed by atoms with Gasteiger partial charge in [-0.05, 0) is 44.5 Å². The summed E-state index contributed by atoms with van der Waals surface area (Å²) in [6.07, 6.45) is -0.622. The van der Waals surface area contributed by atoms with Crippen LogP contribution in [0.4, 0.5) is 14.9 Å². The van der Waals surface area contributed by atoms with Crippen LogP contribution in [0.5, 0.6) is 0 Å². The van der Waals surface area contributed by atoms with Gasteiger partial charge in [0.1, 0.15) is 11.4 Å². The number of carbonyl (C=O) groups is 1. The molecule has 0 saturated carbocycles. The third-order valence-corrected chi connectivity index (χ3v) is 2.07. The highest BCUT2D eigenvalue weighted by Crippen LogP contribution is 2.16. The first kappa shape index (κ1) is 14.9. The van der Waals surface area contributed by atoms with Gasteiger partial charge >= 0.3 is 6.09 Å². The third kappa shape index (κ3) is 5.37. The second-order valence-electron chi connectivity index (χ2n) is 5.14. The monoisotopic (exact) mass is 267 g/mol. The highest BCUT2D eigenvalue weighted by Gasteiger charge is 2.16. The lowest BCUT2D eigenvalue weighted by Crippen LogP contribution is -2.27. The number of halogens is 1. The normalized spacial score (nSPS) is 10.9. The minimum Gasteiger partial charge on any atom is -0.444 e. The lowest BCUT2D eigenvalue weighted by molar-refractivity contribution is 0.0636. The zero-order valence-corrected chi connectivity index (χ0v) is 11.2. The molecule has 0 fully saturated rings. The van der Waals surface area contributed by atoms with Gasteiger partial charge in [0.05, 0.1) is 5.84 Å². The van der Waals surface area contributed by atoms with E-state index in [2.05, 4.69) is 5.32 Å². The molecule has 0 aliphatic rings. The van der Waals surface area contributed by atoms with Gasteiger partial charge in [0, 0.05) is 12.1 Å². The van der Waals surface area contributed by atoms with E-state index in [1.807, 2.05) is 0 Å². The van der Waals surface area contributed by atoms with Crippen LogP contribution in [0, 0.1) is 11.2 Å². The van der Waals surface area contributed by atoms with E-state index < -0.39 is 17.5 Å². The Morgan fingerprint density at radius 1 is 1.47 bits per heavy atom. The van der Waals surface area contributed by atoms with Crippen LogP contribution in [0.3, 0.4) is 0 Å². The number of hydrogen-bond donors (Lipinski definition) is 3. The fourth-order valence-corrected chi connectivity index (χ4v) is 1.41. The first-order valence-electron chi connectivity index (χ1n) is 5.79. The highest BCUT2D eigenvalue weighted by molar-refractivity contribution is 5.85. The molecule has 0 spiro atoms. The summed E-state index contributed by atoms with van der Waals surface area (Å²) in [6, 6.07) is 4.06. The van der Waals surface area contributed by atoms with Crippen molar-refractivity contribution in [2.75, 3.05) is 5.32 Å². The zero-order valence-electron chi connectivity index (χ0n) is 11.2. The van der Waals surface area contributed by atoms with Crippen LogP contribution < -0.4 is 11.1 Å². The van der Waals surface area contributed by atoms with Crippen LogP contribution in [-0.4, -0.2) is 17.5 Å². The Hall–Kier alpha value is -2.11. The predicted molar refractivity (Wildman–Crippen MR) is 71.9 cm³/mol. The van der Waals surface area contributed by atoms with Gasteiger partial charge in [0.15, 0.2) is 0 Å². The Morgan fingerprint density at radius 2 is 2.11 bits per heavy atom. The van der Waals surface area contributed by atoms with Crippen molar-refractivity contribution in [2.45, 2.75) is 32.8 Å². The smallest absolute Gasteiger partial charge is 0.412 e. The Morgan fingerprint density at radius 3 is 2.63 bits per heavy atom. The van der Waals surface area contributed by atoms with E-state index in [0.717, 1.165) is 0 Å². The average Bonchev–Trinajstić information content (AvgIpc) is 2.19. The number of amides is 1. The maximum absolute atomic E-state index is 13.4. The molecule has 4 N–H and O–H groups in total. The van der Waals surface area contributed by atoms with E-state index in [-0.39, 0.29) is 17.8 Å². The van der Waals surface area contributed by atoms with Gasteiger partial charge in [-0.2, -0.15) is 0 Å². The Labute approximate surface area is 111 Å². The maximum Gasteiger partial charge on any atom is 0.412 e. The van der Waals surface area contributed by atoms with Crippen LogP contribution in [0.15, 0.2) is 18.2 Å². The minimum atomic E-state index is -0.618. The van der Waals surface area contributed by atoms with Crippen LogP contribution in [0.25, 0.3) is 0 Å². The Balaban J connectivity index is 2.79. The molecule has 1 amide bonds. The van der Waals surface area contributed by atoms with Crippen molar-refractivity contribution in [3.63, 3.8) is 0 Å². The summed E-state index contributed by atoms with van der Waals surface area (Å²) < 4.78 is 18.5. The molecule has 0 heterocycles. The minimum absolute atomic E-state index is 0.00429. The molecule has 0 saturated heterocycles.